The number of fused-ring (bicyclic) bond motifs is 1. The topological polar surface area (TPSA) is 110 Å². The Morgan fingerprint density at radius 2 is 2.39 bits per heavy atom. The summed E-state index contributed by atoms with van der Waals surface area (Å²) in [5.41, 5.74) is 6.75. The Kier molecular flexibility index (Phi) is 2.24. The van der Waals surface area contributed by atoms with E-state index in [1.807, 2.05) is 0 Å². The first-order valence-electron chi connectivity index (χ1n) is 5.64. The summed E-state index contributed by atoms with van der Waals surface area (Å²) in [6, 6.07) is -0.0845. The van der Waals surface area contributed by atoms with Crippen LogP contribution in [0.2, 0.25) is 0 Å². The average Bonchev–Trinajstić information content (AvgIpc) is 2.82. The van der Waals surface area contributed by atoms with Crippen LogP contribution in [-0.4, -0.2) is 30.7 Å². The quantitative estimate of drug-likeness (QED) is 0.612. The summed E-state index contributed by atoms with van der Waals surface area (Å²) in [7, 11) is 0. The molecule has 1 saturated carbocycles. The van der Waals surface area contributed by atoms with Crippen LogP contribution in [0, 0.1) is 0 Å². The van der Waals surface area contributed by atoms with Crippen molar-refractivity contribution in [2.75, 3.05) is 5.73 Å². The lowest BCUT2D eigenvalue weighted by Crippen LogP contribution is -2.14. The first kappa shape index (κ1) is 11.0. The van der Waals surface area contributed by atoms with Gasteiger partial charge >= 0.3 is 0 Å². The highest BCUT2D eigenvalue weighted by Crippen LogP contribution is 2.35. The van der Waals surface area contributed by atoms with Crippen LogP contribution in [0.25, 0.3) is 11.2 Å². The van der Waals surface area contributed by atoms with Crippen molar-refractivity contribution in [3.63, 3.8) is 0 Å². The van der Waals surface area contributed by atoms with Crippen molar-refractivity contribution >= 4 is 17.1 Å². The van der Waals surface area contributed by atoms with Gasteiger partial charge < -0.3 is 15.4 Å². The number of aliphatic hydroxyl groups excluding tert-OH is 1. The van der Waals surface area contributed by atoms with Crippen LogP contribution in [-0.2, 0) is 0 Å². The second kappa shape index (κ2) is 3.67. The Bertz CT molecular complexity index is 686. The molecule has 0 bridgehead atoms. The van der Waals surface area contributed by atoms with Crippen LogP contribution in [0.15, 0.2) is 23.3 Å². The van der Waals surface area contributed by atoms with Crippen LogP contribution in [0.3, 0.4) is 0 Å². The fraction of sp³-hybridized carbons (Fsp3) is 0.364. The number of rotatable bonds is 1. The first-order valence-corrected chi connectivity index (χ1v) is 5.64. The minimum Gasteiger partial charge on any atom is -0.393 e. The van der Waals surface area contributed by atoms with E-state index in [9.17, 15) is 9.90 Å². The molecule has 2 aromatic heterocycles. The standard InChI is InChI=1S/C11H13N5O2/c1-5-2-6(17)3-7(5)16-4-13-8-9(16)14-11(12)15-10(8)18/h4,6-7,17H,1-3H2,(H3,12,14,15,18)/t6-,7-/m1/s1. The number of aliphatic hydroxyl groups is 1. The maximum absolute atomic E-state index is 11.7. The van der Waals surface area contributed by atoms with Crippen molar-refractivity contribution < 1.29 is 5.11 Å². The van der Waals surface area contributed by atoms with E-state index in [1.54, 1.807) is 10.9 Å². The molecule has 0 spiro atoms. The van der Waals surface area contributed by atoms with Crippen molar-refractivity contribution in [3.8, 4) is 0 Å². The first-order chi connectivity index (χ1) is 8.56. The Morgan fingerprint density at radius 1 is 1.61 bits per heavy atom. The lowest BCUT2D eigenvalue weighted by molar-refractivity contribution is 0.179. The molecule has 1 aliphatic rings. The Hall–Kier alpha value is -2.15. The average molecular weight is 247 g/mol. The van der Waals surface area contributed by atoms with E-state index in [2.05, 4.69) is 21.5 Å². The predicted octanol–water partition coefficient (Wildman–Crippen LogP) is -0.0462. The van der Waals surface area contributed by atoms with Crippen LogP contribution in [0.1, 0.15) is 18.9 Å². The molecule has 7 nitrogen and oxygen atoms in total. The predicted molar refractivity (Wildman–Crippen MR) is 66.0 cm³/mol. The SMILES string of the molecule is C=C1C[C@@H](O)C[C@H]1n1cnc2c(=O)[nH]c(N)nc21. The van der Waals surface area contributed by atoms with E-state index in [0.29, 0.717) is 18.5 Å². The highest BCUT2D eigenvalue weighted by atomic mass is 16.3. The maximum Gasteiger partial charge on any atom is 0.280 e. The molecule has 3 rings (SSSR count). The van der Waals surface area contributed by atoms with Crippen molar-refractivity contribution in [2.45, 2.75) is 25.0 Å². The zero-order valence-corrected chi connectivity index (χ0v) is 9.63. The molecule has 0 aliphatic heterocycles. The Balaban J connectivity index is 2.19. The van der Waals surface area contributed by atoms with Gasteiger partial charge in [-0.2, -0.15) is 4.98 Å². The number of imidazole rings is 1. The summed E-state index contributed by atoms with van der Waals surface area (Å²) < 4.78 is 1.75. The third kappa shape index (κ3) is 1.52. The summed E-state index contributed by atoms with van der Waals surface area (Å²) in [6.07, 6.45) is 2.25. The highest BCUT2D eigenvalue weighted by Gasteiger charge is 2.29. The minimum atomic E-state index is -0.403. The van der Waals surface area contributed by atoms with Crippen LogP contribution in [0.5, 0.6) is 0 Å². The van der Waals surface area contributed by atoms with Gasteiger partial charge in [-0.05, 0) is 12.8 Å². The number of hydrogen-bond donors (Lipinski definition) is 3. The molecule has 1 aliphatic carbocycles. The van der Waals surface area contributed by atoms with Gasteiger partial charge in [-0.25, -0.2) is 4.98 Å². The zero-order chi connectivity index (χ0) is 12.9. The lowest BCUT2D eigenvalue weighted by Gasteiger charge is -2.13. The molecule has 4 N–H and O–H groups in total. The zero-order valence-electron chi connectivity index (χ0n) is 9.63. The molecule has 18 heavy (non-hydrogen) atoms. The second-order valence-electron chi connectivity index (χ2n) is 4.54. The minimum absolute atomic E-state index is 0.0541. The molecule has 0 saturated heterocycles. The van der Waals surface area contributed by atoms with E-state index >= 15 is 0 Å². The van der Waals surface area contributed by atoms with Crippen LogP contribution in [0.4, 0.5) is 5.95 Å². The number of nitrogens with two attached hydrogens (primary N) is 1. The van der Waals surface area contributed by atoms with Gasteiger partial charge in [-0.3, -0.25) is 9.78 Å². The largest absolute Gasteiger partial charge is 0.393 e. The fourth-order valence-electron chi connectivity index (χ4n) is 2.43. The van der Waals surface area contributed by atoms with E-state index in [4.69, 9.17) is 5.73 Å². The molecule has 2 heterocycles. The third-order valence-electron chi connectivity index (χ3n) is 3.25. The van der Waals surface area contributed by atoms with E-state index in [1.165, 1.54) is 0 Å². The summed E-state index contributed by atoms with van der Waals surface area (Å²) in [4.78, 5) is 22.2. The summed E-state index contributed by atoms with van der Waals surface area (Å²) in [5.74, 6) is 0.0541. The smallest absolute Gasteiger partial charge is 0.280 e. The third-order valence-corrected chi connectivity index (χ3v) is 3.25. The Morgan fingerprint density at radius 3 is 3.06 bits per heavy atom. The molecule has 94 valence electrons. The summed E-state index contributed by atoms with van der Waals surface area (Å²) in [5, 5.41) is 9.64. The number of hydrogen-bond acceptors (Lipinski definition) is 5. The molecular formula is C11H13N5O2. The van der Waals surface area contributed by atoms with E-state index in [-0.39, 0.29) is 23.1 Å². The molecule has 0 unspecified atom stereocenters. The molecule has 0 radical (unpaired) electrons. The van der Waals surface area contributed by atoms with Gasteiger partial charge in [0, 0.05) is 0 Å². The van der Waals surface area contributed by atoms with E-state index < -0.39 is 6.10 Å². The molecule has 1 fully saturated rings. The van der Waals surface area contributed by atoms with Gasteiger partial charge in [0.25, 0.3) is 5.56 Å². The van der Waals surface area contributed by atoms with Gasteiger partial charge in [0.05, 0.1) is 18.5 Å². The van der Waals surface area contributed by atoms with Gasteiger partial charge in [0.2, 0.25) is 5.95 Å². The second-order valence-corrected chi connectivity index (χ2v) is 4.54. The number of H-pyrrole nitrogens is 1. The van der Waals surface area contributed by atoms with Crippen molar-refractivity contribution in [2.24, 2.45) is 0 Å². The van der Waals surface area contributed by atoms with Gasteiger partial charge in [0.15, 0.2) is 11.2 Å². The molecule has 2 atom stereocenters. The van der Waals surface area contributed by atoms with Crippen molar-refractivity contribution in [1.29, 1.82) is 0 Å². The number of aromatic amines is 1. The summed E-state index contributed by atoms with van der Waals surface area (Å²) in [6.45, 7) is 3.94. The van der Waals surface area contributed by atoms with Crippen molar-refractivity contribution in [3.05, 3.63) is 28.8 Å². The van der Waals surface area contributed by atoms with Gasteiger partial charge in [-0.1, -0.05) is 12.2 Å². The van der Waals surface area contributed by atoms with Crippen LogP contribution < -0.4 is 11.3 Å². The molecule has 0 amide bonds. The van der Waals surface area contributed by atoms with Gasteiger partial charge in [0.1, 0.15) is 0 Å². The molecular weight excluding hydrogens is 234 g/mol. The van der Waals surface area contributed by atoms with Crippen LogP contribution >= 0.6 is 0 Å². The molecule has 7 heteroatoms. The number of nitrogens with zero attached hydrogens (tertiary/aromatic N) is 3. The molecule has 0 aromatic carbocycles. The number of nitrogens with one attached hydrogen (secondary N) is 1. The van der Waals surface area contributed by atoms with Gasteiger partial charge in [-0.15, -0.1) is 0 Å². The maximum atomic E-state index is 11.7. The van der Waals surface area contributed by atoms with Crippen molar-refractivity contribution in [1.82, 2.24) is 19.5 Å². The summed E-state index contributed by atoms with van der Waals surface area (Å²) >= 11 is 0. The molecule has 2 aromatic rings. The normalized spacial score (nSPS) is 23.9. The fourth-order valence-corrected chi connectivity index (χ4v) is 2.43. The lowest BCUT2D eigenvalue weighted by atomic mass is 10.2. The Labute approximate surface area is 102 Å². The van der Waals surface area contributed by atoms with E-state index in [0.717, 1.165) is 5.57 Å². The monoisotopic (exact) mass is 247 g/mol. The number of nitrogen functional groups attached to an aromatic ring is 1. The highest BCUT2D eigenvalue weighted by molar-refractivity contribution is 5.70. The number of anilines is 1. The number of aromatic nitrogens is 4.